The van der Waals surface area contributed by atoms with Crippen molar-refractivity contribution in [2.24, 2.45) is 5.92 Å². The molecule has 1 fully saturated rings. The summed E-state index contributed by atoms with van der Waals surface area (Å²) in [6, 6.07) is 18.6. The smallest absolute Gasteiger partial charge is 0.272 e. The molecule has 46 heavy (non-hydrogen) atoms. The van der Waals surface area contributed by atoms with Gasteiger partial charge in [-0.15, -0.1) is 0 Å². The molecule has 246 valence electrons. The van der Waals surface area contributed by atoms with Gasteiger partial charge in [-0.25, -0.2) is 0 Å². The Labute approximate surface area is 272 Å². The van der Waals surface area contributed by atoms with Crippen LogP contribution >= 0.6 is 0 Å². The molecule has 0 aliphatic carbocycles. The molecule has 1 aliphatic rings. The number of nitrogens with zero attached hydrogens (tertiary/aromatic N) is 3. The lowest BCUT2D eigenvalue weighted by Gasteiger charge is -2.31. The number of benzene rings is 2. The normalized spacial score (nSPS) is 15.3. The van der Waals surface area contributed by atoms with Gasteiger partial charge in [0.25, 0.3) is 11.8 Å². The molecule has 0 saturated carbocycles. The monoisotopic (exact) mass is 630 g/mol. The lowest BCUT2D eigenvalue weighted by Crippen LogP contribution is -2.40. The average molecular weight is 631 g/mol. The third kappa shape index (κ3) is 9.45. The number of carbonyl (C=O) groups excluding carboxylic acids is 3. The first kappa shape index (κ1) is 34.8. The van der Waals surface area contributed by atoms with Gasteiger partial charge in [0.15, 0.2) is 5.78 Å². The van der Waals surface area contributed by atoms with Crippen molar-refractivity contribution >= 4 is 17.6 Å². The lowest BCUT2D eigenvalue weighted by molar-refractivity contribution is -0.0257. The zero-order valence-electron chi connectivity index (χ0n) is 27.9. The van der Waals surface area contributed by atoms with Crippen LogP contribution in [0.5, 0.6) is 5.75 Å². The number of pyridine rings is 1. The van der Waals surface area contributed by atoms with Gasteiger partial charge in [0.1, 0.15) is 11.4 Å². The maximum Gasteiger partial charge on any atom is 0.272 e. The number of Topliss-reactive ketones (excluding diaryl/α,β-unsaturated/α-hetero) is 1. The number of alkyl halides is 1. The Morgan fingerprint density at radius 3 is 2.22 bits per heavy atom. The SMILES string of the molecule is CCC(CCN(C)C(C)c1ccc(C)cc1)NC(=O)c1ccc(C(=O)N2CCC(C(=O)c3ccc(OC(C)(C)F)cc3)CC2)nc1. The zero-order chi connectivity index (χ0) is 33.4. The maximum atomic E-state index is 13.7. The van der Waals surface area contributed by atoms with Crippen LogP contribution < -0.4 is 10.1 Å². The zero-order valence-corrected chi connectivity index (χ0v) is 27.9. The predicted molar refractivity (Wildman–Crippen MR) is 178 cm³/mol. The van der Waals surface area contributed by atoms with Crippen LogP contribution in [-0.2, 0) is 0 Å². The van der Waals surface area contributed by atoms with Gasteiger partial charge in [-0.3, -0.25) is 24.3 Å². The summed E-state index contributed by atoms with van der Waals surface area (Å²) >= 11 is 0. The molecule has 0 radical (unpaired) electrons. The number of rotatable bonds is 13. The van der Waals surface area contributed by atoms with Gasteiger partial charge in [0.2, 0.25) is 5.85 Å². The molecular formula is C37H47FN4O4. The Hall–Kier alpha value is -4.11. The van der Waals surface area contributed by atoms with Crippen molar-refractivity contribution in [3.63, 3.8) is 0 Å². The maximum absolute atomic E-state index is 13.7. The molecule has 2 atom stereocenters. The Morgan fingerprint density at radius 2 is 1.65 bits per heavy atom. The number of carbonyl (C=O) groups is 3. The van der Waals surface area contributed by atoms with Gasteiger partial charge in [-0.2, -0.15) is 4.39 Å². The minimum Gasteiger partial charge on any atom is -0.459 e. The van der Waals surface area contributed by atoms with Crippen LogP contribution in [0.3, 0.4) is 0 Å². The third-order valence-corrected chi connectivity index (χ3v) is 8.78. The molecule has 1 aromatic heterocycles. The number of hydrogen-bond donors (Lipinski definition) is 1. The largest absolute Gasteiger partial charge is 0.459 e. The van der Waals surface area contributed by atoms with E-state index in [2.05, 4.69) is 67.3 Å². The second-order valence-corrected chi connectivity index (χ2v) is 12.8. The second-order valence-electron chi connectivity index (χ2n) is 12.8. The Kier molecular flexibility index (Phi) is 11.7. The van der Waals surface area contributed by atoms with Gasteiger partial charge < -0.3 is 15.0 Å². The van der Waals surface area contributed by atoms with Crippen molar-refractivity contribution in [3.05, 3.63) is 94.8 Å². The van der Waals surface area contributed by atoms with Gasteiger partial charge in [0.05, 0.1) is 5.56 Å². The second kappa shape index (κ2) is 15.5. The number of aromatic nitrogens is 1. The number of piperidine rings is 1. The molecule has 1 N–H and O–H groups in total. The highest BCUT2D eigenvalue weighted by Crippen LogP contribution is 2.26. The van der Waals surface area contributed by atoms with Crippen LogP contribution in [0.4, 0.5) is 4.39 Å². The van der Waals surface area contributed by atoms with E-state index in [4.69, 9.17) is 4.74 Å². The van der Waals surface area contributed by atoms with Crippen LogP contribution in [0.25, 0.3) is 0 Å². The molecule has 4 rings (SSSR count). The van der Waals surface area contributed by atoms with E-state index in [-0.39, 0.29) is 41.3 Å². The quantitative estimate of drug-likeness (QED) is 0.209. The number of halogens is 1. The Balaban J connectivity index is 1.24. The number of amides is 2. The number of nitrogens with one attached hydrogen (secondary N) is 1. The lowest BCUT2D eigenvalue weighted by atomic mass is 9.88. The van der Waals surface area contributed by atoms with E-state index in [0.29, 0.717) is 42.8 Å². The summed E-state index contributed by atoms with van der Waals surface area (Å²) in [7, 11) is 2.10. The van der Waals surface area contributed by atoms with Crippen molar-refractivity contribution in [1.82, 2.24) is 20.1 Å². The molecule has 2 unspecified atom stereocenters. The van der Waals surface area contributed by atoms with E-state index in [0.717, 1.165) is 19.4 Å². The molecule has 9 heteroatoms. The summed E-state index contributed by atoms with van der Waals surface area (Å²) in [5.41, 5.74) is 3.73. The molecule has 0 bridgehead atoms. The predicted octanol–water partition coefficient (Wildman–Crippen LogP) is 6.80. The third-order valence-electron chi connectivity index (χ3n) is 8.78. The number of ether oxygens (including phenoxy) is 1. The van der Waals surface area contributed by atoms with Gasteiger partial charge in [-0.1, -0.05) is 36.8 Å². The van der Waals surface area contributed by atoms with E-state index in [9.17, 15) is 18.8 Å². The molecule has 2 aromatic carbocycles. The fourth-order valence-electron chi connectivity index (χ4n) is 5.66. The summed E-state index contributed by atoms with van der Waals surface area (Å²) in [5, 5.41) is 3.12. The van der Waals surface area contributed by atoms with Crippen LogP contribution in [0.2, 0.25) is 0 Å². The van der Waals surface area contributed by atoms with Crippen LogP contribution in [0, 0.1) is 12.8 Å². The van der Waals surface area contributed by atoms with E-state index in [1.54, 1.807) is 41.3 Å². The van der Waals surface area contributed by atoms with Gasteiger partial charge >= 0.3 is 0 Å². The topological polar surface area (TPSA) is 91.8 Å². The van der Waals surface area contributed by atoms with Crippen molar-refractivity contribution in [2.75, 3.05) is 26.7 Å². The first-order valence-electron chi connectivity index (χ1n) is 16.2. The summed E-state index contributed by atoms with van der Waals surface area (Å²) in [6.07, 6.45) is 4.15. The minimum atomic E-state index is -1.80. The summed E-state index contributed by atoms with van der Waals surface area (Å²) in [5.74, 6) is -2.07. The Morgan fingerprint density at radius 1 is 1.02 bits per heavy atom. The van der Waals surface area contributed by atoms with E-state index < -0.39 is 5.85 Å². The number of hydrogen-bond acceptors (Lipinski definition) is 6. The highest BCUT2D eigenvalue weighted by molar-refractivity contribution is 5.99. The van der Waals surface area contributed by atoms with Crippen LogP contribution in [0.1, 0.15) is 102 Å². The standard InChI is InChI=1S/C37H47FN4O4/c1-7-31(20-21-41(6)26(3)27-10-8-25(2)9-11-27)40-35(44)30-14-17-33(39-24-30)36(45)42-22-18-29(19-23-42)34(43)28-12-15-32(16-13-28)46-37(4,5)38/h8-17,24,26,29,31H,7,18-23H2,1-6H3,(H,40,44). The van der Waals surface area contributed by atoms with Gasteiger partial charge in [0, 0.05) is 63.2 Å². The van der Waals surface area contributed by atoms with Crippen LogP contribution in [0.15, 0.2) is 66.9 Å². The van der Waals surface area contributed by atoms with Gasteiger partial charge in [-0.05, 0) is 88.5 Å². The molecule has 1 saturated heterocycles. The molecule has 3 aromatic rings. The molecular weight excluding hydrogens is 583 g/mol. The van der Waals surface area contributed by atoms with Crippen molar-refractivity contribution in [2.45, 2.75) is 78.2 Å². The first-order valence-corrected chi connectivity index (χ1v) is 16.2. The van der Waals surface area contributed by atoms with Crippen molar-refractivity contribution in [1.29, 1.82) is 0 Å². The summed E-state index contributed by atoms with van der Waals surface area (Å²) in [4.78, 5) is 47.5. The molecule has 8 nitrogen and oxygen atoms in total. The van der Waals surface area contributed by atoms with E-state index in [1.165, 1.54) is 31.2 Å². The highest BCUT2D eigenvalue weighted by atomic mass is 19.2. The fourth-order valence-corrected chi connectivity index (χ4v) is 5.66. The molecule has 2 amide bonds. The number of ketones is 1. The minimum absolute atomic E-state index is 0.00413. The Bertz CT molecular complexity index is 1460. The van der Waals surface area contributed by atoms with E-state index >= 15 is 0 Å². The van der Waals surface area contributed by atoms with Crippen molar-refractivity contribution in [3.8, 4) is 5.75 Å². The van der Waals surface area contributed by atoms with Crippen LogP contribution in [-0.4, -0.2) is 71.0 Å². The number of aryl methyl sites for hydroxylation is 1. The molecule has 1 aliphatic heterocycles. The average Bonchev–Trinajstić information content (AvgIpc) is 3.05. The van der Waals surface area contributed by atoms with Crippen molar-refractivity contribution < 1.29 is 23.5 Å². The fraction of sp³-hybridized carbons (Fsp3) is 0.459. The molecule has 2 heterocycles. The van der Waals surface area contributed by atoms with E-state index in [1.807, 2.05) is 0 Å². The summed E-state index contributed by atoms with van der Waals surface area (Å²) < 4.78 is 18.9. The highest BCUT2D eigenvalue weighted by Gasteiger charge is 2.29. The first-order chi connectivity index (χ1) is 21.8. The number of likely N-dealkylation sites (tertiary alicyclic amines) is 1. The summed E-state index contributed by atoms with van der Waals surface area (Å²) in [6.45, 7) is 10.7. The molecule has 0 spiro atoms.